The molecule has 0 aliphatic carbocycles. The Morgan fingerprint density at radius 1 is 1.29 bits per heavy atom. The molecule has 0 heterocycles. The number of nitrogens with one attached hydrogen (secondary N) is 2. The van der Waals surface area contributed by atoms with Crippen molar-refractivity contribution in [2.75, 3.05) is 6.54 Å². The van der Waals surface area contributed by atoms with Crippen molar-refractivity contribution in [3.63, 3.8) is 0 Å². The summed E-state index contributed by atoms with van der Waals surface area (Å²) in [5.41, 5.74) is 12.4. The second kappa shape index (κ2) is 7.08. The van der Waals surface area contributed by atoms with Gasteiger partial charge in [0.05, 0.1) is 12.5 Å². The molecule has 6 N–H and O–H groups in total. The van der Waals surface area contributed by atoms with Crippen LogP contribution in [0.3, 0.4) is 0 Å². The van der Waals surface area contributed by atoms with Crippen LogP contribution in [-0.2, 0) is 4.79 Å². The van der Waals surface area contributed by atoms with Crippen LogP contribution in [0.4, 0.5) is 4.79 Å². The first-order valence-electron chi connectivity index (χ1n) is 6.86. The Labute approximate surface area is 125 Å². The molecule has 0 saturated carbocycles. The predicted molar refractivity (Wildman–Crippen MR) is 82.5 cm³/mol. The zero-order valence-corrected chi connectivity index (χ0v) is 12.8. The van der Waals surface area contributed by atoms with Gasteiger partial charge in [0.2, 0.25) is 5.91 Å². The lowest BCUT2D eigenvalue weighted by Gasteiger charge is -2.22. The van der Waals surface area contributed by atoms with Gasteiger partial charge in [-0.2, -0.15) is 0 Å². The highest BCUT2D eigenvalue weighted by Gasteiger charge is 2.20. The number of urea groups is 1. The fourth-order valence-corrected chi connectivity index (χ4v) is 1.97. The lowest BCUT2D eigenvalue weighted by molar-refractivity contribution is -0.121. The van der Waals surface area contributed by atoms with Crippen molar-refractivity contribution in [3.8, 4) is 0 Å². The van der Waals surface area contributed by atoms with Crippen molar-refractivity contribution < 1.29 is 9.59 Å². The number of hydrogen-bond donors (Lipinski definition) is 4. The van der Waals surface area contributed by atoms with E-state index in [4.69, 9.17) is 11.5 Å². The van der Waals surface area contributed by atoms with Crippen molar-refractivity contribution >= 4 is 11.9 Å². The lowest BCUT2D eigenvalue weighted by atomic mass is 9.98. The summed E-state index contributed by atoms with van der Waals surface area (Å²) >= 11 is 0. The maximum Gasteiger partial charge on any atom is 0.312 e. The first kappa shape index (κ1) is 17.0. The topological polar surface area (TPSA) is 110 Å². The van der Waals surface area contributed by atoms with Crippen LogP contribution in [0.15, 0.2) is 24.3 Å². The number of hydrogen-bond acceptors (Lipinski definition) is 3. The van der Waals surface area contributed by atoms with Crippen LogP contribution in [-0.4, -0.2) is 24.0 Å². The highest BCUT2D eigenvalue weighted by molar-refractivity contribution is 5.79. The normalized spacial score (nSPS) is 12.6. The number of benzene rings is 1. The van der Waals surface area contributed by atoms with E-state index in [0.717, 1.165) is 11.1 Å². The summed E-state index contributed by atoms with van der Waals surface area (Å²) in [6.07, 6.45) is 0.115. The van der Waals surface area contributed by atoms with Gasteiger partial charge in [0, 0.05) is 12.1 Å². The molecule has 0 fully saturated rings. The molecule has 0 saturated heterocycles. The molecule has 0 aromatic heterocycles. The van der Waals surface area contributed by atoms with Crippen molar-refractivity contribution in [2.24, 2.45) is 11.5 Å². The number of primary amides is 1. The van der Waals surface area contributed by atoms with Gasteiger partial charge in [0.15, 0.2) is 0 Å². The van der Waals surface area contributed by atoms with Crippen LogP contribution in [0.5, 0.6) is 0 Å². The van der Waals surface area contributed by atoms with Gasteiger partial charge >= 0.3 is 6.03 Å². The molecule has 1 aromatic carbocycles. The standard InChI is InChI=1S/C15H24N4O2/c1-10-6-4-5-7-11(10)12(19-14(16)21)8-13(20)18-9-15(2,3)17/h4-7,12H,8-9,17H2,1-3H3,(H,18,20)(H3,16,19,21). The number of nitrogens with two attached hydrogens (primary N) is 2. The lowest BCUT2D eigenvalue weighted by Crippen LogP contribution is -2.46. The molecule has 0 aliphatic heterocycles. The van der Waals surface area contributed by atoms with Gasteiger partial charge in [0.25, 0.3) is 0 Å². The van der Waals surface area contributed by atoms with Crippen LogP contribution in [0.2, 0.25) is 0 Å². The Morgan fingerprint density at radius 2 is 1.90 bits per heavy atom. The average Bonchev–Trinajstić information content (AvgIpc) is 2.35. The molecule has 21 heavy (non-hydrogen) atoms. The van der Waals surface area contributed by atoms with Gasteiger partial charge < -0.3 is 22.1 Å². The van der Waals surface area contributed by atoms with E-state index in [1.165, 1.54) is 0 Å². The van der Waals surface area contributed by atoms with Gasteiger partial charge in [-0.3, -0.25) is 4.79 Å². The number of carbonyl (C=O) groups excluding carboxylic acids is 2. The Balaban J connectivity index is 2.78. The molecule has 1 rings (SSSR count). The summed E-state index contributed by atoms with van der Waals surface area (Å²) in [7, 11) is 0. The van der Waals surface area contributed by atoms with E-state index in [1.807, 2.05) is 45.0 Å². The van der Waals surface area contributed by atoms with Gasteiger partial charge in [-0.15, -0.1) is 0 Å². The zero-order valence-electron chi connectivity index (χ0n) is 12.8. The molecule has 6 nitrogen and oxygen atoms in total. The Bertz CT molecular complexity index is 509. The highest BCUT2D eigenvalue weighted by atomic mass is 16.2. The maximum absolute atomic E-state index is 12.0. The van der Waals surface area contributed by atoms with Gasteiger partial charge in [-0.05, 0) is 31.9 Å². The molecule has 1 unspecified atom stereocenters. The summed E-state index contributed by atoms with van der Waals surface area (Å²) in [5, 5.41) is 5.37. The minimum Gasteiger partial charge on any atom is -0.354 e. The average molecular weight is 292 g/mol. The molecule has 0 radical (unpaired) electrons. The number of rotatable bonds is 6. The SMILES string of the molecule is Cc1ccccc1C(CC(=O)NCC(C)(C)N)NC(N)=O. The molecular weight excluding hydrogens is 268 g/mol. The Kier molecular flexibility index (Phi) is 5.72. The van der Waals surface area contributed by atoms with Crippen molar-refractivity contribution in [1.82, 2.24) is 10.6 Å². The van der Waals surface area contributed by atoms with E-state index >= 15 is 0 Å². The molecular formula is C15H24N4O2. The Morgan fingerprint density at radius 3 is 2.43 bits per heavy atom. The molecule has 0 aliphatic rings. The molecule has 116 valence electrons. The number of carbonyl (C=O) groups is 2. The van der Waals surface area contributed by atoms with E-state index in [-0.39, 0.29) is 12.3 Å². The summed E-state index contributed by atoms with van der Waals surface area (Å²) < 4.78 is 0. The summed E-state index contributed by atoms with van der Waals surface area (Å²) in [6.45, 7) is 5.94. The molecule has 1 aromatic rings. The molecule has 6 heteroatoms. The molecule has 0 bridgehead atoms. The predicted octanol–water partition coefficient (Wildman–Crippen LogP) is 0.948. The minimum atomic E-state index is -0.657. The number of amides is 3. The zero-order chi connectivity index (χ0) is 16.0. The van der Waals surface area contributed by atoms with E-state index in [9.17, 15) is 9.59 Å². The van der Waals surface area contributed by atoms with E-state index in [1.54, 1.807) is 0 Å². The van der Waals surface area contributed by atoms with Crippen LogP contribution in [0.1, 0.15) is 37.4 Å². The minimum absolute atomic E-state index is 0.115. The summed E-state index contributed by atoms with van der Waals surface area (Å²) in [4.78, 5) is 23.2. The van der Waals surface area contributed by atoms with Crippen LogP contribution < -0.4 is 22.1 Å². The van der Waals surface area contributed by atoms with Crippen LogP contribution in [0.25, 0.3) is 0 Å². The largest absolute Gasteiger partial charge is 0.354 e. The fourth-order valence-electron chi connectivity index (χ4n) is 1.97. The van der Waals surface area contributed by atoms with E-state index in [2.05, 4.69) is 10.6 Å². The smallest absolute Gasteiger partial charge is 0.312 e. The van der Waals surface area contributed by atoms with Crippen molar-refractivity contribution in [1.29, 1.82) is 0 Å². The van der Waals surface area contributed by atoms with E-state index in [0.29, 0.717) is 6.54 Å². The van der Waals surface area contributed by atoms with Gasteiger partial charge in [0.1, 0.15) is 0 Å². The highest BCUT2D eigenvalue weighted by Crippen LogP contribution is 2.20. The summed E-state index contributed by atoms with van der Waals surface area (Å²) in [6, 6.07) is 6.44. The third kappa shape index (κ3) is 6.27. The first-order valence-corrected chi connectivity index (χ1v) is 6.86. The van der Waals surface area contributed by atoms with Crippen molar-refractivity contribution in [3.05, 3.63) is 35.4 Å². The molecule has 3 amide bonds. The summed E-state index contributed by atoms with van der Waals surface area (Å²) in [5.74, 6) is -0.185. The monoisotopic (exact) mass is 292 g/mol. The third-order valence-corrected chi connectivity index (χ3v) is 3.01. The maximum atomic E-state index is 12.0. The van der Waals surface area contributed by atoms with Crippen LogP contribution >= 0.6 is 0 Å². The van der Waals surface area contributed by atoms with Crippen molar-refractivity contribution in [2.45, 2.75) is 38.8 Å². The molecule has 1 atom stereocenters. The second-order valence-corrected chi connectivity index (χ2v) is 5.89. The number of aryl methyl sites for hydroxylation is 1. The fraction of sp³-hybridized carbons (Fsp3) is 0.467. The van der Waals surface area contributed by atoms with Crippen LogP contribution in [0, 0.1) is 6.92 Å². The first-order chi connectivity index (χ1) is 9.69. The molecule has 0 spiro atoms. The second-order valence-electron chi connectivity index (χ2n) is 5.89. The third-order valence-electron chi connectivity index (χ3n) is 3.01. The van der Waals surface area contributed by atoms with Gasteiger partial charge in [-0.1, -0.05) is 24.3 Å². The van der Waals surface area contributed by atoms with Gasteiger partial charge in [-0.25, -0.2) is 4.79 Å². The quantitative estimate of drug-likeness (QED) is 0.626. The Hall–Kier alpha value is -2.08. The van der Waals surface area contributed by atoms with E-state index < -0.39 is 17.6 Å².